The highest BCUT2D eigenvalue weighted by atomic mass is 16.5. The lowest BCUT2D eigenvalue weighted by Crippen LogP contribution is -2.48. The van der Waals surface area contributed by atoms with Crippen LogP contribution in [0, 0.1) is 11.8 Å². The van der Waals surface area contributed by atoms with Crippen molar-refractivity contribution in [3.8, 4) is 5.75 Å². The molecule has 0 amide bonds. The van der Waals surface area contributed by atoms with Crippen molar-refractivity contribution in [2.45, 2.75) is 13.5 Å². The molecule has 18 heavy (non-hydrogen) atoms. The summed E-state index contributed by atoms with van der Waals surface area (Å²) in [5.74, 6) is 2.71. The Balaban J connectivity index is 1.63. The summed E-state index contributed by atoms with van der Waals surface area (Å²) in [5.41, 5.74) is 1.33. The third-order valence-electron chi connectivity index (χ3n) is 4.20. The Morgan fingerprint density at radius 3 is 3.00 bits per heavy atom. The van der Waals surface area contributed by atoms with Gasteiger partial charge in [0, 0.05) is 25.2 Å². The lowest BCUT2D eigenvalue weighted by atomic mass is 9.88. The molecular weight excluding hydrogens is 224 g/mol. The van der Waals surface area contributed by atoms with Crippen molar-refractivity contribution in [3.63, 3.8) is 0 Å². The first-order valence-electron chi connectivity index (χ1n) is 6.96. The number of rotatable bonds is 3. The maximum Gasteiger partial charge on any atom is 0.123 e. The Hall–Kier alpha value is -1.06. The minimum atomic E-state index is 0.775. The van der Waals surface area contributed by atoms with Gasteiger partial charge in [0.05, 0.1) is 0 Å². The second-order valence-electron chi connectivity index (χ2n) is 5.59. The number of fused-ring (bicyclic) bond motifs is 1. The molecule has 1 N–H and O–H groups in total. The summed E-state index contributed by atoms with van der Waals surface area (Å²) in [6.45, 7) is 8.84. The standard InChI is InChI=1S/C15H22N2O/c1-12(14-8-16-9-14)10-17-6-7-18-15-5-3-2-4-13(15)11-17/h2-5,12,14,16H,6-11H2,1H3. The molecule has 2 aliphatic heterocycles. The molecule has 1 atom stereocenters. The van der Waals surface area contributed by atoms with Gasteiger partial charge < -0.3 is 10.1 Å². The predicted octanol–water partition coefficient (Wildman–Crippen LogP) is 1.74. The quantitative estimate of drug-likeness (QED) is 0.879. The van der Waals surface area contributed by atoms with E-state index in [2.05, 4.69) is 41.4 Å². The van der Waals surface area contributed by atoms with Gasteiger partial charge in [-0.3, -0.25) is 4.90 Å². The summed E-state index contributed by atoms with van der Waals surface area (Å²) in [5, 5.41) is 3.36. The predicted molar refractivity (Wildman–Crippen MR) is 72.7 cm³/mol. The van der Waals surface area contributed by atoms with Crippen LogP contribution in [0.3, 0.4) is 0 Å². The van der Waals surface area contributed by atoms with Crippen molar-refractivity contribution < 1.29 is 4.74 Å². The van der Waals surface area contributed by atoms with Crippen LogP contribution in [0.5, 0.6) is 5.75 Å². The number of hydrogen-bond donors (Lipinski definition) is 1. The Labute approximate surface area is 109 Å². The fourth-order valence-corrected chi connectivity index (χ4v) is 2.81. The van der Waals surface area contributed by atoms with Crippen molar-refractivity contribution in [2.75, 3.05) is 32.8 Å². The van der Waals surface area contributed by atoms with Gasteiger partial charge >= 0.3 is 0 Å². The van der Waals surface area contributed by atoms with Crippen LogP contribution in [0.2, 0.25) is 0 Å². The van der Waals surface area contributed by atoms with Crippen LogP contribution < -0.4 is 10.1 Å². The largest absolute Gasteiger partial charge is 0.492 e. The van der Waals surface area contributed by atoms with Gasteiger partial charge in [-0.05, 0) is 31.0 Å². The normalized spacial score (nSPS) is 22.5. The van der Waals surface area contributed by atoms with Gasteiger partial charge in [0.15, 0.2) is 0 Å². The fraction of sp³-hybridized carbons (Fsp3) is 0.600. The van der Waals surface area contributed by atoms with Crippen LogP contribution in [0.1, 0.15) is 12.5 Å². The van der Waals surface area contributed by atoms with Crippen LogP contribution in [0.4, 0.5) is 0 Å². The zero-order valence-corrected chi connectivity index (χ0v) is 11.1. The number of nitrogens with zero attached hydrogens (tertiary/aromatic N) is 1. The Morgan fingerprint density at radius 1 is 1.39 bits per heavy atom. The van der Waals surface area contributed by atoms with E-state index in [1.807, 2.05) is 0 Å². The first kappa shape index (κ1) is 12.0. The lowest BCUT2D eigenvalue weighted by molar-refractivity contribution is 0.152. The van der Waals surface area contributed by atoms with E-state index in [4.69, 9.17) is 4.74 Å². The highest BCUT2D eigenvalue weighted by molar-refractivity contribution is 5.33. The van der Waals surface area contributed by atoms with E-state index in [1.165, 1.54) is 25.2 Å². The molecule has 0 radical (unpaired) electrons. The van der Waals surface area contributed by atoms with Crippen LogP contribution in [-0.4, -0.2) is 37.7 Å². The molecule has 1 fully saturated rings. The first-order valence-corrected chi connectivity index (χ1v) is 6.96. The fourth-order valence-electron chi connectivity index (χ4n) is 2.81. The zero-order chi connectivity index (χ0) is 12.4. The smallest absolute Gasteiger partial charge is 0.123 e. The zero-order valence-electron chi connectivity index (χ0n) is 11.1. The summed E-state index contributed by atoms with van der Waals surface area (Å²) < 4.78 is 5.81. The molecule has 3 nitrogen and oxygen atoms in total. The van der Waals surface area contributed by atoms with Gasteiger partial charge in [-0.2, -0.15) is 0 Å². The average molecular weight is 246 g/mol. The lowest BCUT2D eigenvalue weighted by Gasteiger charge is -2.35. The molecule has 0 spiro atoms. The van der Waals surface area contributed by atoms with Gasteiger partial charge in [-0.25, -0.2) is 0 Å². The Morgan fingerprint density at radius 2 is 2.22 bits per heavy atom. The molecule has 3 rings (SSSR count). The topological polar surface area (TPSA) is 24.5 Å². The summed E-state index contributed by atoms with van der Waals surface area (Å²) in [6, 6.07) is 8.42. The molecule has 98 valence electrons. The average Bonchev–Trinajstić information content (AvgIpc) is 2.47. The molecule has 2 aliphatic rings. The third kappa shape index (κ3) is 2.52. The summed E-state index contributed by atoms with van der Waals surface area (Å²) in [7, 11) is 0. The van der Waals surface area contributed by atoms with E-state index in [-0.39, 0.29) is 0 Å². The SMILES string of the molecule is CC(CN1CCOc2ccccc2C1)C1CNC1. The van der Waals surface area contributed by atoms with Crippen molar-refractivity contribution in [3.05, 3.63) is 29.8 Å². The monoisotopic (exact) mass is 246 g/mol. The van der Waals surface area contributed by atoms with Crippen molar-refractivity contribution in [2.24, 2.45) is 11.8 Å². The molecule has 1 aromatic rings. The van der Waals surface area contributed by atoms with Gasteiger partial charge in [-0.1, -0.05) is 25.1 Å². The number of nitrogens with one attached hydrogen (secondary N) is 1. The highest BCUT2D eigenvalue weighted by Crippen LogP contribution is 2.24. The van der Waals surface area contributed by atoms with Gasteiger partial charge in [0.25, 0.3) is 0 Å². The first-order chi connectivity index (χ1) is 8.83. The van der Waals surface area contributed by atoms with Crippen molar-refractivity contribution in [1.29, 1.82) is 0 Å². The molecule has 0 saturated carbocycles. The maximum atomic E-state index is 5.81. The molecular formula is C15H22N2O. The van der Waals surface area contributed by atoms with Crippen LogP contribution in [0.15, 0.2) is 24.3 Å². The molecule has 0 bridgehead atoms. The van der Waals surface area contributed by atoms with Crippen LogP contribution in [0.25, 0.3) is 0 Å². The highest BCUT2D eigenvalue weighted by Gasteiger charge is 2.26. The summed E-state index contributed by atoms with van der Waals surface area (Å²) >= 11 is 0. The molecule has 3 heteroatoms. The van der Waals surface area contributed by atoms with E-state index in [1.54, 1.807) is 0 Å². The van der Waals surface area contributed by atoms with Crippen LogP contribution >= 0.6 is 0 Å². The van der Waals surface area contributed by atoms with Crippen molar-refractivity contribution >= 4 is 0 Å². The van der Waals surface area contributed by atoms with E-state index < -0.39 is 0 Å². The van der Waals surface area contributed by atoms with E-state index in [0.717, 1.165) is 37.3 Å². The molecule has 1 saturated heterocycles. The van der Waals surface area contributed by atoms with Gasteiger partial charge in [0.2, 0.25) is 0 Å². The molecule has 1 aromatic carbocycles. The number of hydrogen-bond acceptors (Lipinski definition) is 3. The third-order valence-corrected chi connectivity index (χ3v) is 4.20. The minimum Gasteiger partial charge on any atom is -0.492 e. The molecule has 1 unspecified atom stereocenters. The summed E-state index contributed by atoms with van der Waals surface area (Å²) in [6.07, 6.45) is 0. The number of benzene rings is 1. The van der Waals surface area contributed by atoms with Gasteiger partial charge in [0.1, 0.15) is 12.4 Å². The minimum absolute atomic E-state index is 0.775. The number of para-hydroxylation sites is 1. The molecule has 0 aromatic heterocycles. The van der Waals surface area contributed by atoms with E-state index in [0.29, 0.717) is 0 Å². The second kappa shape index (κ2) is 5.29. The molecule has 0 aliphatic carbocycles. The van der Waals surface area contributed by atoms with Crippen molar-refractivity contribution in [1.82, 2.24) is 10.2 Å². The maximum absolute atomic E-state index is 5.81. The van der Waals surface area contributed by atoms with Crippen LogP contribution in [-0.2, 0) is 6.54 Å². The van der Waals surface area contributed by atoms with Gasteiger partial charge in [-0.15, -0.1) is 0 Å². The Bertz CT molecular complexity index is 403. The summed E-state index contributed by atoms with van der Waals surface area (Å²) in [4.78, 5) is 2.54. The second-order valence-corrected chi connectivity index (χ2v) is 5.59. The number of ether oxygens (including phenoxy) is 1. The van der Waals surface area contributed by atoms with E-state index >= 15 is 0 Å². The van der Waals surface area contributed by atoms with E-state index in [9.17, 15) is 0 Å². The Kier molecular flexibility index (Phi) is 3.52. The molecule has 2 heterocycles.